The topological polar surface area (TPSA) is 24.1 Å². The van der Waals surface area contributed by atoms with Gasteiger partial charge in [-0.1, -0.05) is 29.3 Å². The molecular weight excluding hydrogens is 263 g/mol. The van der Waals surface area contributed by atoms with E-state index in [-0.39, 0.29) is 5.54 Å². The van der Waals surface area contributed by atoms with Gasteiger partial charge in [-0.25, -0.2) is 0 Å². The molecule has 1 aromatic carbocycles. The number of hydrogen-bond acceptors (Lipinski definition) is 1. The van der Waals surface area contributed by atoms with Gasteiger partial charge in [0, 0.05) is 5.54 Å². The van der Waals surface area contributed by atoms with E-state index in [1.54, 1.807) is 18.2 Å². The number of nitrogens with one attached hydrogen (secondary N) is 2. The van der Waals surface area contributed by atoms with Crippen LogP contribution in [0.3, 0.4) is 0 Å². The Labute approximate surface area is 111 Å². The second kappa shape index (κ2) is 5.21. The van der Waals surface area contributed by atoms with E-state index in [1.165, 1.54) is 0 Å². The Morgan fingerprint density at radius 1 is 1.19 bits per heavy atom. The molecule has 0 saturated heterocycles. The van der Waals surface area contributed by atoms with E-state index in [0.717, 1.165) is 0 Å². The normalized spacial score (nSPS) is 11.1. The second-order valence-corrected chi connectivity index (χ2v) is 5.65. The third-order valence-corrected chi connectivity index (χ3v) is 2.52. The fourth-order valence-electron chi connectivity index (χ4n) is 1.10. The summed E-state index contributed by atoms with van der Waals surface area (Å²) >= 11 is 17.2. The summed E-state index contributed by atoms with van der Waals surface area (Å²) in [6.07, 6.45) is 0. The Morgan fingerprint density at radius 3 is 2.12 bits per heavy atom. The van der Waals surface area contributed by atoms with Gasteiger partial charge >= 0.3 is 0 Å². The summed E-state index contributed by atoms with van der Waals surface area (Å²) in [5, 5.41) is 7.71. The average molecular weight is 277 g/mol. The van der Waals surface area contributed by atoms with Crippen molar-refractivity contribution < 1.29 is 0 Å². The van der Waals surface area contributed by atoms with Crippen molar-refractivity contribution in [1.82, 2.24) is 5.32 Å². The Kier molecular flexibility index (Phi) is 4.42. The molecule has 0 heterocycles. The molecule has 0 bridgehead atoms. The molecule has 88 valence electrons. The molecule has 0 atom stereocenters. The molecule has 0 fully saturated rings. The SMILES string of the molecule is CC(C)(C)NC(=S)Nc1c(Cl)cccc1Cl. The Balaban J connectivity index is 2.78. The van der Waals surface area contributed by atoms with E-state index in [0.29, 0.717) is 20.8 Å². The zero-order valence-electron chi connectivity index (χ0n) is 9.40. The van der Waals surface area contributed by atoms with Gasteiger partial charge in [-0.15, -0.1) is 0 Å². The maximum atomic E-state index is 6.01. The highest BCUT2D eigenvalue weighted by atomic mass is 35.5. The van der Waals surface area contributed by atoms with Crippen LogP contribution in [0.15, 0.2) is 18.2 Å². The number of halogens is 2. The lowest BCUT2D eigenvalue weighted by atomic mass is 10.1. The molecule has 0 amide bonds. The molecule has 0 aliphatic carbocycles. The highest BCUT2D eigenvalue weighted by molar-refractivity contribution is 7.80. The Morgan fingerprint density at radius 2 is 1.69 bits per heavy atom. The summed E-state index contributed by atoms with van der Waals surface area (Å²) < 4.78 is 0. The molecule has 1 rings (SSSR count). The Hall–Kier alpha value is -0.510. The third kappa shape index (κ3) is 4.16. The average Bonchev–Trinajstić information content (AvgIpc) is 2.08. The van der Waals surface area contributed by atoms with Gasteiger partial charge in [-0.3, -0.25) is 0 Å². The van der Waals surface area contributed by atoms with Crippen molar-refractivity contribution in [3.05, 3.63) is 28.2 Å². The van der Waals surface area contributed by atoms with Crippen LogP contribution < -0.4 is 10.6 Å². The van der Waals surface area contributed by atoms with Crippen molar-refractivity contribution in [2.75, 3.05) is 5.32 Å². The molecule has 0 unspecified atom stereocenters. The second-order valence-electron chi connectivity index (χ2n) is 4.43. The standard InChI is InChI=1S/C11H14Cl2N2S/c1-11(2,3)15-10(16)14-9-7(12)5-4-6-8(9)13/h4-6H,1-3H3,(H2,14,15,16). The zero-order chi connectivity index (χ0) is 12.3. The first-order chi connectivity index (χ1) is 7.29. The number of para-hydroxylation sites is 1. The van der Waals surface area contributed by atoms with Crippen LogP contribution in [0.1, 0.15) is 20.8 Å². The van der Waals surface area contributed by atoms with Crippen LogP contribution in [0.4, 0.5) is 5.69 Å². The van der Waals surface area contributed by atoms with Crippen molar-refractivity contribution in [3.63, 3.8) is 0 Å². The number of anilines is 1. The van der Waals surface area contributed by atoms with Crippen LogP contribution in [0, 0.1) is 0 Å². The lowest BCUT2D eigenvalue weighted by molar-refractivity contribution is 0.515. The zero-order valence-corrected chi connectivity index (χ0v) is 11.7. The predicted molar refractivity (Wildman–Crippen MR) is 75.6 cm³/mol. The van der Waals surface area contributed by atoms with Crippen LogP contribution in [-0.2, 0) is 0 Å². The van der Waals surface area contributed by atoms with Gasteiger partial charge in [0.2, 0.25) is 0 Å². The van der Waals surface area contributed by atoms with Gasteiger partial charge < -0.3 is 10.6 Å². The molecule has 2 N–H and O–H groups in total. The van der Waals surface area contributed by atoms with Crippen LogP contribution >= 0.6 is 35.4 Å². The summed E-state index contributed by atoms with van der Waals surface area (Å²) in [6.45, 7) is 6.07. The molecule has 5 heteroatoms. The molecule has 0 aliphatic rings. The fourth-order valence-corrected chi connectivity index (χ4v) is 2.00. The highest BCUT2D eigenvalue weighted by Crippen LogP contribution is 2.29. The maximum Gasteiger partial charge on any atom is 0.171 e. The minimum Gasteiger partial charge on any atom is -0.358 e. The number of hydrogen-bond donors (Lipinski definition) is 2. The number of thiocarbonyl (C=S) groups is 1. The Bertz CT molecular complexity index is 379. The number of benzene rings is 1. The van der Waals surface area contributed by atoms with Gasteiger partial charge in [-0.2, -0.15) is 0 Å². The quantitative estimate of drug-likeness (QED) is 0.756. The summed E-state index contributed by atoms with van der Waals surface area (Å²) in [4.78, 5) is 0. The van der Waals surface area contributed by atoms with Gasteiger partial charge in [-0.05, 0) is 45.1 Å². The fraction of sp³-hybridized carbons (Fsp3) is 0.364. The van der Waals surface area contributed by atoms with Gasteiger partial charge in [0.1, 0.15) is 0 Å². The highest BCUT2D eigenvalue weighted by Gasteiger charge is 2.13. The van der Waals surface area contributed by atoms with E-state index in [1.807, 2.05) is 20.8 Å². The number of rotatable bonds is 1. The van der Waals surface area contributed by atoms with Gasteiger partial charge in [0.05, 0.1) is 15.7 Å². The monoisotopic (exact) mass is 276 g/mol. The van der Waals surface area contributed by atoms with Crippen LogP contribution in [0.2, 0.25) is 10.0 Å². The van der Waals surface area contributed by atoms with Crippen molar-refractivity contribution in [2.24, 2.45) is 0 Å². The molecule has 2 nitrogen and oxygen atoms in total. The molecule has 0 radical (unpaired) electrons. The first kappa shape index (κ1) is 13.6. The molecule has 0 aromatic heterocycles. The molecule has 1 aromatic rings. The van der Waals surface area contributed by atoms with Gasteiger partial charge in [0.25, 0.3) is 0 Å². The third-order valence-electron chi connectivity index (χ3n) is 1.69. The van der Waals surface area contributed by atoms with Crippen molar-refractivity contribution >= 4 is 46.2 Å². The van der Waals surface area contributed by atoms with E-state index in [4.69, 9.17) is 35.4 Å². The first-order valence-electron chi connectivity index (χ1n) is 4.83. The van der Waals surface area contributed by atoms with E-state index in [9.17, 15) is 0 Å². The van der Waals surface area contributed by atoms with Gasteiger partial charge in [0.15, 0.2) is 5.11 Å². The van der Waals surface area contributed by atoms with Crippen LogP contribution in [0.5, 0.6) is 0 Å². The maximum absolute atomic E-state index is 6.01. The molecule has 0 spiro atoms. The van der Waals surface area contributed by atoms with Crippen molar-refractivity contribution in [3.8, 4) is 0 Å². The molecular formula is C11H14Cl2N2S. The van der Waals surface area contributed by atoms with E-state index in [2.05, 4.69) is 10.6 Å². The van der Waals surface area contributed by atoms with Crippen molar-refractivity contribution in [1.29, 1.82) is 0 Å². The van der Waals surface area contributed by atoms with E-state index >= 15 is 0 Å². The smallest absolute Gasteiger partial charge is 0.171 e. The van der Waals surface area contributed by atoms with Crippen LogP contribution in [0.25, 0.3) is 0 Å². The lowest BCUT2D eigenvalue weighted by Crippen LogP contribution is -2.43. The molecule has 0 saturated carbocycles. The lowest BCUT2D eigenvalue weighted by Gasteiger charge is -2.23. The molecule has 16 heavy (non-hydrogen) atoms. The summed E-state index contributed by atoms with van der Waals surface area (Å²) in [5.74, 6) is 0. The first-order valence-corrected chi connectivity index (χ1v) is 5.99. The summed E-state index contributed by atoms with van der Waals surface area (Å²) in [5.41, 5.74) is 0.533. The predicted octanol–water partition coefficient (Wildman–Crippen LogP) is 4.08. The minimum atomic E-state index is -0.0994. The van der Waals surface area contributed by atoms with Crippen molar-refractivity contribution in [2.45, 2.75) is 26.3 Å². The molecule has 0 aliphatic heterocycles. The summed E-state index contributed by atoms with van der Waals surface area (Å²) in [6, 6.07) is 5.31. The largest absolute Gasteiger partial charge is 0.358 e. The van der Waals surface area contributed by atoms with E-state index < -0.39 is 0 Å². The minimum absolute atomic E-state index is 0.0994. The summed E-state index contributed by atoms with van der Waals surface area (Å²) in [7, 11) is 0. The van der Waals surface area contributed by atoms with Crippen LogP contribution in [-0.4, -0.2) is 10.7 Å².